The lowest BCUT2D eigenvalue weighted by Gasteiger charge is -2.39. The van der Waals surface area contributed by atoms with Crippen LogP contribution in [0.5, 0.6) is 0 Å². The molecule has 0 radical (unpaired) electrons. The molecule has 0 bridgehead atoms. The standard InChI is InChI=1S/C20H31N7O2.C2HF3O2/c1-6-15(7-2)21-19(28)14-8-9-17-22-23-18(27(17)12-14)16-13-26(11-10-25(16)5)20(29)24(3)4;3-2(4,5)1(6)7/h8-9,12,15-16H,6-7,10-11,13H2,1-5H3,(H,21,28);(H,6,7). The van der Waals surface area contributed by atoms with Crippen LogP contribution in [0.1, 0.15) is 48.9 Å². The van der Waals surface area contributed by atoms with Crippen molar-refractivity contribution in [2.24, 2.45) is 0 Å². The number of piperazine rings is 1. The van der Waals surface area contributed by atoms with Crippen molar-refractivity contribution >= 4 is 23.6 Å². The van der Waals surface area contributed by atoms with Gasteiger partial charge in [-0.15, -0.1) is 10.2 Å². The number of carbonyl (C=O) groups is 3. The predicted molar refractivity (Wildman–Crippen MR) is 125 cm³/mol. The SMILES string of the molecule is CCC(CC)NC(=O)c1ccc2nnc(C3CN(C(=O)N(C)C)CCN3C)n2c1.O=C(O)C(F)(F)F. The van der Waals surface area contributed by atoms with E-state index in [2.05, 4.69) is 34.3 Å². The van der Waals surface area contributed by atoms with E-state index in [1.54, 1.807) is 31.3 Å². The number of hydrogen-bond donors (Lipinski definition) is 2. The second kappa shape index (κ2) is 12.0. The molecule has 1 atom stereocenters. The molecule has 11 nitrogen and oxygen atoms in total. The van der Waals surface area contributed by atoms with Crippen LogP contribution in [0.4, 0.5) is 18.0 Å². The van der Waals surface area contributed by atoms with Gasteiger partial charge in [-0.2, -0.15) is 13.2 Å². The monoisotopic (exact) mass is 515 g/mol. The van der Waals surface area contributed by atoms with Crippen molar-refractivity contribution in [3.05, 3.63) is 29.7 Å². The van der Waals surface area contributed by atoms with Gasteiger partial charge in [0.05, 0.1) is 11.6 Å². The molecule has 36 heavy (non-hydrogen) atoms. The number of amides is 3. The highest BCUT2D eigenvalue weighted by molar-refractivity contribution is 5.94. The van der Waals surface area contributed by atoms with Crippen LogP contribution in [0.2, 0.25) is 0 Å². The van der Waals surface area contributed by atoms with Gasteiger partial charge in [-0.05, 0) is 32.0 Å². The zero-order chi connectivity index (χ0) is 27.2. The minimum atomic E-state index is -5.08. The number of carboxylic acids is 1. The summed E-state index contributed by atoms with van der Waals surface area (Å²) in [6, 6.07) is 3.64. The van der Waals surface area contributed by atoms with Gasteiger partial charge >= 0.3 is 18.2 Å². The Kier molecular flexibility index (Phi) is 9.62. The van der Waals surface area contributed by atoms with Crippen LogP contribution in [0.25, 0.3) is 5.65 Å². The maximum absolute atomic E-state index is 12.7. The predicted octanol–water partition coefficient (Wildman–Crippen LogP) is 2.25. The van der Waals surface area contributed by atoms with Gasteiger partial charge in [0.2, 0.25) is 0 Å². The Bertz CT molecular complexity index is 1070. The molecule has 1 aliphatic heterocycles. The van der Waals surface area contributed by atoms with E-state index >= 15 is 0 Å². The van der Waals surface area contributed by atoms with Crippen molar-refractivity contribution in [1.29, 1.82) is 0 Å². The molecule has 3 rings (SSSR count). The minimum absolute atomic E-state index is 0.0119. The molecular weight excluding hydrogens is 483 g/mol. The average Bonchev–Trinajstić information content (AvgIpc) is 3.25. The normalized spacial score (nSPS) is 16.5. The highest BCUT2D eigenvalue weighted by atomic mass is 19.4. The van der Waals surface area contributed by atoms with Gasteiger partial charge in [0.1, 0.15) is 0 Å². The smallest absolute Gasteiger partial charge is 0.475 e. The molecule has 0 aromatic carbocycles. The number of nitrogens with one attached hydrogen (secondary N) is 1. The maximum Gasteiger partial charge on any atom is 0.490 e. The highest BCUT2D eigenvalue weighted by Crippen LogP contribution is 2.24. The first-order valence-electron chi connectivity index (χ1n) is 11.4. The van der Waals surface area contributed by atoms with Crippen molar-refractivity contribution in [1.82, 2.24) is 34.6 Å². The van der Waals surface area contributed by atoms with Crippen molar-refractivity contribution in [2.75, 3.05) is 40.8 Å². The quantitative estimate of drug-likeness (QED) is 0.626. The number of urea groups is 1. The lowest BCUT2D eigenvalue weighted by Crippen LogP contribution is -2.52. The van der Waals surface area contributed by atoms with E-state index in [9.17, 15) is 22.8 Å². The topological polar surface area (TPSA) is 123 Å². The number of carboxylic acid groups (broad SMARTS) is 1. The van der Waals surface area contributed by atoms with Crippen LogP contribution >= 0.6 is 0 Å². The van der Waals surface area contributed by atoms with Gasteiger partial charge in [0.25, 0.3) is 5.91 Å². The first kappa shape index (κ1) is 28.8. The molecule has 1 unspecified atom stereocenters. The maximum atomic E-state index is 12.7. The third-order valence-corrected chi connectivity index (χ3v) is 5.85. The number of nitrogens with zero attached hydrogens (tertiary/aromatic N) is 6. The van der Waals surface area contributed by atoms with E-state index in [1.165, 1.54) is 0 Å². The molecule has 1 aliphatic rings. The van der Waals surface area contributed by atoms with Crippen LogP contribution in [0.15, 0.2) is 18.3 Å². The summed E-state index contributed by atoms with van der Waals surface area (Å²) in [5.74, 6) is -2.12. The molecule has 1 saturated heterocycles. The number of hydrogen-bond acceptors (Lipinski definition) is 6. The Morgan fingerprint density at radius 2 is 1.78 bits per heavy atom. The Morgan fingerprint density at radius 3 is 2.31 bits per heavy atom. The average molecular weight is 516 g/mol. The number of fused-ring (bicyclic) bond motifs is 1. The van der Waals surface area contributed by atoms with E-state index in [-0.39, 0.29) is 24.0 Å². The largest absolute Gasteiger partial charge is 0.490 e. The fourth-order valence-electron chi connectivity index (χ4n) is 3.64. The molecule has 1 fully saturated rings. The Labute approximate surface area is 206 Å². The van der Waals surface area contributed by atoms with E-state index in [0.29, 0.717) is 24.3 Å². The van der Waals surface area contributed by atoms with Crippen molar-refractivity contribution in [3.8, 4) is 0 Å². The first-order valence-corrected chi connectivity index (χ1v) is 11.4. The van der Waals surface area contributed by atoms with Gasteiger partial charge in [0, 0.05) is 46.0 Å². The molecule has 3 amide bonds. The van der Waals surface area contributed by atoms with Gasteiger partial charge < -0.3 is 20.2 Å². The van der Waals surface area contributed by atoms with Gasteiger partial charge in [0.15, 0.2) is 11.5 Å². The fourth-order valence-corrected chi connectivity index (χ4v) is 3.64. The Hall–Kier alpha value is -3.42. The van der Waals surface area contributed by atoms with E-state index < -0.39 is 12.1 Å². The summed E-state index contributed by atoms with van der Waals surface area (Å²) in [7, 11) is 5.53. The summed E-state index contributed by atoms with van der Waals surface area (Å²) in [6.45, 7) is 6.07. The number of halogens is 3. The third kappa shape index (κ3) is 7.06. The summed E-state index contributed by atoms with van der Waals surface area (Å²) in [4.78, 5) is 39.6. The molecule has 2 aromatic rings. The molecule has 0 saturated carbocycles. The number of pyridine rings is 1. The first-order chi connectivity index (χ1) is 16.8. The second-order valence-electron chi connectivity index (χ2n) is 8.61. The Morgan fingerprint density at radius 1 is 1.17 bits per heavy atom. The van der Waals surface area contributed by atoms with Crippen molar-refractivity contribution in [2.45, 2.75) is 44.9 Å². The van der Waals surface area contributed by atoms with Crippen molar-refractivity contribution < 1.29 is 32.7 Å². The summed E-state index contributed by atoms with van der Waals surface area (Å²) < 4.78 is 33.6. The molecule has 2 aromatic heterocycles. The van der Waals surface area contributed by atoms with Gasteiger partial charge in [-0.3, -0.25) is 14.1 Å². The number of aromatic nitrogens is 3. The third-order valence-electron chi connectivity index (χ3n) is 5.85. The van der Waals surface area contributed by atoms with Crippen molar-refractivity contribution in [3.63, 3.8) is 0 Å². The summed E-state index contributed by atoms with van der Waals surface area (Å²) >= 11 is 0. The van der Waals surface area contributed by atoms with Crippen LogP contribution < -0.4 is 5.32 Å². The lowest BCUT2D eigenvalue weighted by molar-refractivity contribution is -0.192. The summed E-state index contributed by atoms with van der Waals surface area (Å²) in [5.41, 5.74) is 1.26. The zero-order valence-corrected chi connectivity index (χ0v) is 20.9. The number of aliphatic carboxylic acids is 1. The minimum Gasteiger partial charge on any atom is -0.475 e. The van der Waals surface area contributed by atoms with Crippen LogP contribution in [0.3, 0.4) is 0 Å². The molecular formula is C22H32F3N7O4. The zero-order valence-electron chi connectivity index (χ0n) is 20.9. The van der Waals surface area contributed by atoms with E-state index in [0.717, 1.165) is 25.2 Å². The number of carbonyl (C=O) groups excluding carboxylic acids is 2. The highest BCUT2D eigenvalue weighted by Gasteiger charge is 2.38. The van der Waals surface area contributed by atoms with Gasteiger partial charge in [-0.1, -0.05) is 13.8 Å². The molecule has 0 aliphatic carbocycles. The Balaban J connectivity index is 0.000000572. The van der Waals surface area contributed by atoms with Crippen LogP contribution in [0, 0.1) is 0 Å². The van der Waals surface area contributed by atoms with Crippen LogP contribution in [-0.4, -0.2) is 105 Å². The molecule has 14 heteroatoms. The second-order valence-corrected chi connectivity index (χ2v) is 8.61. The number of rotatable bonds is 5. The van der Waals surface area contributed by atoms with Crippen LogP contribution in [-0.2, 0) is 4.79 Å². The van der Waals surface area contributed by atoms with E-state index in [4.69, 9.17) is 9.90 Å². The fraction of sp³-hybridized carbons (Fsp3) is 0.591. The molecule has 0 spiro atoms. The summed E-state index contributed by atoms with van der Waals surface area (Å²) in [6.07, 6.45) is -1.50. The molecule has 3 heterocycles. The number of likely N-dealkylation sites (N-methyl/N-ethyl adjacent to an activating group) is 1. The number of alkyl halides is 3. The summed E-state index contributed by atoms with van der Waals surface area (Å²) in [5, 5.41) is 18.9. The molecule has 200 valence electrons. The molecule has 2 N–H and O–H groups in total. The van der Waals surface area contributed by atoms with Gasteiger partial charge in [-0.25, -0.2) is 9.59 Å². The van der Waals surface area contributed by atoms with E-state index in [1.807, 2.05) is 22.4 Å². The lowest BCUT2D eigenvalue weighted by atomic mass is 10.1.